The van der Waals surface area contributed by atoms with Gasteiger partial charge in [-0.1, -0.05) is 42.5 Å². The summed E-state index contributed by atoms with van der Waals surface area (Å²) in [6.45, 7) is 0.441. The van der Waals surface area contributed by atoms with Gasteiger partial charge < -0.3 is 4.90 Å². The van der Waals surface area contributed by atoms with Gasteiger partial charge in [-0.3, -0.25) is 4.79 Å². The van der Waals surface area contributed by atoms with Gasteiger partial charge in [-0.25, -0.2) is 8.42 Å². The standard InChI is InChI=1S/C20H20N2O3S/c21-12-16-6-8-18(9-7-16)14-26(24,25)15-20(23)22(19-10-11-19)13-17-4-2-1-3-5-17/h1-9,19H,10-11,13-15H2. The summed E-state index contributed by atoms with van der Waals surface area (Å²) in [5.74, 6) is -1.03. The van der Waals surface area contributed by atoms with Crippen LogP contribution in [0, 0.1) is 11.3 Å². The molecule has 0 radical (unpaired) electrons. The van der Waals surface area contributed by atoms with Crippen molar-refractivity contribution in [3.63, 3.8) is 0 Å². The minimum atomic E-state index is -3.57. The van der Waals surface area contributed by atoms with Gasteiger partial charge in [0.2, 0.25) is 5.91 Å². The number of nitriles is 1. The first kappa shape index (κ1) is 18.2. The fraction of sp³-hybridized carbons (Fsp3) is 0.300. The second kappa shape index (κ2) is 7.71. The Labute approximate surface area is 153 Å². The summed E-state index contributed by atoms with van der Waals surface area (Å²) < 4.78 is 24.9. The number of carbonyl (C=O) groups is 1. The van der Waals surface area contributed by atoms with Crippen molar-refractivity contribution in [3.05, 3.63) is 71.3 Å². The fourth-order valence-corrected chi connectivity index (χ4v) is 4.18. The lowest BCUT2D eigenvalue weighted by Crippen LogP contribution is -2.37. The lowest BCUT2D eigenvalue weighted by Gasteiger charge is -2.22. The normalized spacial score (nSPS) is 13.8. The highest BCUT2D eigenvalue weighted by Gasteiger charge is 2.34. The highest BCUT2D eigenvalue weighted by molar-refractivity contribution is 7.91. The maximum Gasteiger partial charge on any atom is 0.238 e. The van der Waals surface area contributed by atoms with E-state index in [0.717, 1.165) is 18.4 Å². The summed E-state index contributed by atoms with van der Waals surface area (Å²) in [6.07, 6.45) is 1.85. The summed E-state index contributed by atoms with van der Waals surface area (Å²) in [5.41, 5.74) is 2.06. The molecule has 0 spiro atoms. The molecule has 1 saturated carbocycles. The van der Waals surface area contributed by atoms with Crippen LogP contribution in [-0.2, 0) is 26.9 Å². The highest BCUT2D eigenvalue weighted by Crippen LogP contribution is 2.28. The van der Waals surface area contributed by atoms with E-state index in [0.29, 0.717) is 17.7 Å². The third-order valence-electron chi connectivity index (χ3n) is 4.32. The van der Waals surface area contributed by atoms with E-state index in [-0.39, 0.29) is 17.7 Å². The number of rotatable bonds is 7. The lowest BCUT2D eigenvalue weighted by atomic mass is 10.2. The number of hydrogen-bond donors (Lipinski definition) is 0. The maximum absolute atomic E-state index is 12.6. The van der Waals surface area contributed by atoms with Crippen molar-refractivity contribution >= 4 is 15.7 Å². The Balaban J connectivity index is 1.66. The van der Waals surface area contributed by atoms with E-state index in [1.54, 1.807) is 29.2 Å². The molecule has 6 heteroatoms. The molecule has 1 aliphatic rings. The van der Waals surface area contributed by atoms with Gasteiger partial charge in [-0.15, -0.1) is 0 Å². The summed E-state index contributed by atoms with van der Waals surface area (Å²) >= 11 is 0. The number of carbonyl (C=O) groups excluding carboxylic acids is 1. The highest BCUT2D eigenvalue weighted by atomic mass is 32.2. The molecule has 3 rings (SSSR count). The average molecular weight is 368 g/mol. The van der Waals surface area contributed by atoms with E-state index in [2.05, 4.69) is 0 Å². The van der Waals surface area contributed by atoms with Crippen molar-refractivity contribution in [1.82, 2.24) is 4.90 Å². The van der Waals surface area contributed by atoms with Crippen molar-refractivity contribution < 1.29 is 13.2 Å². The van der Waals surface area contributed by atoms with Crippen LogP contribution in [-0.4, -0.2) is 31.0 Å². The van der Waals surface area contributed by atoms with Gasteiger partial charge >= 0.3 is 0 Å². The zero-order valence-electron chi connectivity index (χ0n) is 14.3. The van der Waals surface area contributed by atoms with Crippen LogP contribution in [0.1, 0.15) is 29.5 Å². The molecule has 1 fully saturated rings. The molecule has 0 saturated heterocycles. The van der Waals surface area contributed by atoms with E-state index in [9.17, 15) is 13.2 Å². The third kappa shape index (κ3) is 4.93. The Hall–Kier alpha value is -2.65. The lowest BCUT2D eigenvalue weighted by molar-refractivity contribution is -0.129. The minimum Gasteiger partial charge on any atom is -0.335 e. The van der Waals surface area contributed by atoms with Crippen LogP contribution in [0.3, 0.4) is 0 Å². The molecule has 2 aromatic rings. The SMILES string of the molecule is N#Cc1ccc(CS(=O)(=O)CC(=O)N(Cc2ccccc2)C2CC2)cc1. The molecule has 0 atom stereocenters. The smallest absolute Gasteiger partial charge is 0.238 e. The van der Waals surface area contributed by atoms with E-state index >= 15 is 0 Å². The second-order valence-electron chi connectivity index (χ2n) is 6.58. The topological polar surface area (TPSA) is 78.2 Å². The van der Waals surface area contributed by atoms with Crippen molar-refractivity contribution in [3.8, 4) is 6.07 Å². The Morgan fingerprint density at radius 2 is 1.69 bits per heavy atom. The molecule has 0 bridgehead atoms. The molecule has 0 N–H and O–H groups in total. The molecule has 1 aliphatic carbocycles. The average Bonchev–Trinajstić information content (AvgIpc) is 3.45. The summed E-state index contributed by atoms with van der Waals surface area (Å²) in [7, 11) is -3.57. The predicted molar refractivity (Wildman–Crippen MR) is 98.7 cm³/mol. The van der Waals surface area contributed by atoms with Gasteiger partial charge in [0, 0.05) is 12.6 Å². The van der Waals surface area contributed by atoms with Crippen LogP contribution in [0.4, 0.5) is 0 Å². The molecule has 1 amide bonds. The molecular formula is C20H20N2O3S. The quantitative estimate of drug-likeness (QED) is 0.753. The first-order valence-corrected chi connectivity index (χ1v) is 10.3. The zero-order valence-corrected chi connectivity index (χ0v) is 15.2. The Kier molecular flexibility index (Phi) is 5.38. The Bertz CT molecular complexity index is 912. The number of nitrogens with zero attached hydrogens (tertiary/aromatic N) is 2. The van der Waals surface area contributed by atoms with Gasteiger partial charge in [0.05, 0.1) is 17.4 Å². The van der Waals surface area contributed by atoms with Crippen molar-refractivity contribution in [2.24, 2.45) is 0 Å². The number of amides is 1. The molecular weight excluding hydrogens is 348 g/mol. The van der Waals surface area contributed by atoms with E-state index in [1.165, 1.54) is 0 Å². The molecule has 2 aromatic carbocycles. The maximum atomic E-state index is 12.6. The molecule has 0 aliphatic heterocycles. The molecule has 5 nitrogen and oxygen atoms in total. The third-order valence-corrected chi connectivity index (χ3v) is 5.78. The van der Waals surface area contributed by atoms with Gasteiger partial charge in [0.1, 0.15) is 5.75 Å². The van der Waals surface area contributed by atoms with Crippen molar-refractivity contribution in [2.75, 3.05) is 5.75 Å². The van der Waals surface area contributed by atoms with E-state index in [1.807, 2.05) is 36.4 Å². The fourth-order valence-electron chi connectivity index (χ4n) is 2.84. The van der Waals surface area contributed by atoms with E-state index in [4.69, 9.17) is 5.26 Å². The van der Waals surface area contributed by atoms with Crippen molar-refractivity contribution in [2.45, 2.75) is 31.2 Å². The summed E-state index contributed by atoms with van der Waals surface area (Å²) in [6, 6.07) is 18.1. The van der Waals surface area contributed by atoms with E-state index < -0.39 is 15.6 Å². The molecule has 0 heterocycles. The number of sulfone groups is 1. The van der Waals surface area contributed by atoms with Gasteiger partial charge in [-0.05, 0) is 36.1 Å². The van der Waals surface area contributed by atoms with Crippen LogP contribution in [0.2, 0.25) is 0 Å². The number of benzene rings is 2. The van der Waals surface area contributed by atoms with Crippen LogP contribution in [0.5, 0.6) is 0 Å². The predicted octanol–water partition coefficient (Wildman–Crippen LogP) is 2.66. The van der Waals surface area contributed by atoms with Crippen molar-refractivity contribution in [1.29, 1.82) is 5.26 Å². The first-order chi connectivity index (χ1) is 12.5. The van der Waals surface area contributed by atoms with Crippen LogP contribution in [0.25, 0.3) is 0 Å². The second-order valence-corrected chi connectivity index (χ2v) is 8.64. The Morgan fingerprint density at radius 1 is 1.04 bits per heavy atom. The zero-order chi connectivity index (χ0) is 18.6. The minimum absolute atomic E-state index is 0.146. The Morgan fingerprint density at radius 3 is 2.27 bits per heavy atom. The van der Waals surface area contributed by atoms with Crippen LogP contribution in [0.15, 0.2) is 54.6 Å². The number of hydrogen-bond acceptors (Lipinski definition) is 4. The molecule has 26 heavy (non-hydrogen) atoms. The first-order valence-electron chi connectivity index (χ1n) is 8.50. The summed E-state index contributed by atoms with van der Waals surface area (Å²) in [5, 5.41) is 8.80. The van der Waals surface area contributed by atoms with Gasteiger partial charge in [0.25, 0.3) is 0 Å². The molecule has 134 valence electrons. The summed E-state index contributed by atoms with van der Waals surface area (Å²) in [4.78, 5) is 14.3. The molecule has 0 unspecified atom stereocenters. The van der Waals surface area contributed by atoms with Gasteiger partial charge in [0.15, 0.2) is 9.84 Å². The largest absolute Gasteiger partial charge is 0.335 e. The monoisotopic (exact) mass is 368 g/mol. The van der Waals surface area contributed by atoms with Gasteiger partial charge in [-0.2, -0.15) is 5.26 Å². The van der Waals surface area contributed by atoms with Crippen LogP contribution < -0.4 is 0 Å². The van der Waals surface area contributed by atoms with Crippen LogP contribution >= 0.6 is 0 Å². The molecule has 0 aromatic heterocycles.